The third-order valence-electron chi connectivity index (χ3n) is 3.29. The molecule has 0 saturated heterocycles. The minimum Gasteiger partial charge on any atom is -0.326 e. The first-order valence-corrected chi connectivity index (χ1v) is 9.77. The molecule has 1 amide bonds. The van der Waals surface area contributed by atoms with Crippen LogP contribution in [-0.4, -0.2) is 16.9 Å². The molecule has 0 heterocycles. The van der Waals surface area contributed by atoms with E-state index in [1.54, 1.807) is 11.8 Å². The van der Waals surface area contributed by atoms with Crippen LogP contribution in [0.15, 0.2) is 36.1 Å². The van der Waals surface area contributed by atoms with Crippen molar-refractivity contribution in [3.05, 3.63) is 36.1 Å². The highest BCUT2D eigenvalue weighted by Crippen LogP contribution is 2.35. The van der Waals surface area contributed by atoms with Crippen LogP contribution in [0, 0.1) is 5.41 Å². The van der Waals surface area contributed by atoms with E-state index in [9.17, 15) is 4.79 Å². The summed E-state index contributed by atoms with van der Waals surface area (Å²) in [6.07, 6.45) is 13.7. The maximum absolute atomic E-state index is 12.6. The normalized spacial score (nSPS) is 13.2. The van der Waals surface area contributed by atoms with Crippen LogP contribution in [0.25, 0.3) is 0 Å². The van der Waals surface area contributed by atoms with Crippen molar-refractivity contribution in [3.8, 4) is 0 Å². The lowest BCUT2D eigenvalue weighted by Crippen LogP contribution is -2.40. The van der Waals surface area contributed by atoms with Gasteiger partial charge in [0.05, 0.1) is 0 Å². The molecule has 0 saturated carbocycles. The largest absolute Gasteiger partial charge is 0.326 e. The number of thioether (sulfide) groups is 1. The Morgan fingerprint density at radius 3 is 2.17 bits per heavy atom. The molecule has 0 rings (SSSR count). The third kappa shape index (κ3) is 11.2. The van der Waals surface area contributed by atoms with Crippen LogP contribution in [0.4, 0.5) is 0 Å². The molecule has 0 aliphatic carbocycles. The Morgan fingerprint density at radius 2 is 1.74 bits per heavy atom. The molecule has 3 heteroatoms. The molecule has 0 aromatic carbocycles. The number of carbonyl (C=O) groups excluding carboxylic acids is 1. The van der Waals surface area contributed by atoms with Crippen LogP contribution in [0.3, 0.4) is 0 Å². The van der Waals surface area contributed by atoms with Crippen molar-refractivity contribution in [3.63, 3.8) is 0 Å². The summed E-state index contributed by atoms with van der Waals surface area (Å²) in [6.45, 7) is 16.4. The van der Waals surface area contributed by atoms with Gasteiger partial charge in [-0.05, 0) is 38.2 Å². The highest BCUT2D eigenvalue weighted by Gasteiger charge is 2.34. The summed E-state index contributed by atoms with van der Waals surface area (Å²) in [6, 6.07) is 0. The lowest BCUT2D eigenvalue weighted by Gasteiger charge is -2.32. The van der Waals surface area contributed by atoms with Gasteiger partial charge >= 0.3 is 0 Å². The summed E-state index contributed by atoms with van der Waals surface area (Å²) in [5, 5.41) is 3.05. The number of hydrogen-bond donors (Lipinski definition) is 1. The maximum atomic E-state index is 12.6. The highest BCUT2D eigenvalue weighted by molar-refractivity contribution is 7.99. The van der Waals surface area contributed by atoms with Gasteiger partial charge in [0.25, 0.3) is 0 Å². The number of rotatable bonds is 8. The van der Waals surface area contributed by atoms with Crippen LogP contribution >= 0.6 is 11.8 Å². The smallest absolute Gasteiger partial charge is 0.230 e. The third-order valence-corrected chi connectivity index (χ3v) is 4.54. The van der Waals surface area contributed by atoms with Gasteiger partial charge in [-0.25, -0.2) is 0 Å². The molecule has 0 unspecified atom stereocenters. The van der Waals surface area contributed by atoms with Crippen molar-refractivity contribution < 1.29 is 4.79 Å². The number of nitrogens with one attached hydrogen (secondary N) is 1. The topological polar surface area (TPSA) is 29.1 Å². The quantitative estimate of drug-likeness (QED) is 0.540. The van der Waals surface area contributed by atoms with E-state index in [2.05, 4.69) is 38.4 Å². The van der Waals surface area contributed by atoms with Crippen molar-refractivity contribution >= 4 is 17.7 Å². The monoisotopic (exact) mass is 339 g/mol. The van der Waals surface area contributed by atoms with E-state index in [0.29, 0.717) is 0 Å². The Kier molecular flexibility index (Phi) is 13.2. The van der Waals surface area contributed by atoms with E-state index >= 15 is 0 Å². The van der Waals surface area contributed by atoms with Gasteiger partial charge < -0.3 is 5.32 Å². The summed E-state index contributed by atoms with van der Waals surface area (Å²) in [5.41, 5.74) is 0.441. The Bertz CT molecular complexity index is 417. The summed E-state index contributed by atoms with van der Waals surface area (Å²) in [7, 11) is 0. The van der Waals surface area contributed by atoms with Gasteiger partial charge in [-0.2, -0.15) is 11.8 Å². The zero-order chi connectivity index (χ0) is 18.5. The molecule has 0 aliphatic heterocycles. The minimum atomic E-state index is -0.401. The molecule has 0 radical (unpaired) electrons. The second-order valence-corrected chi connectivity index (χ2v) is 7.95. The van der Waals surface area contributed by atoms with Crippen molar-refractivity contribution in [2.24, 2.45) is 5.41 Å². The molecule has 23 heavy (non-hydrogen) atoms. The zero-order valence-electron chi connectivity index (χ0n) is 16.6. The van der Waals surface area contributed by atoms with Gasteiger partial charge in [0.1, 0.15) is 0 Å². The molecular formula is C20H37NOS. The van der Waals surface area contributed by atoms with E-state index in [-0.39, 0.29) is 10.7 Å². The molecule has 0 spiro atoms. The summed E-state index contributed by atoms with van der Waals surface area (Å²) >= 11 is 1.80. The number of allylic oxidation sites excluding steroid dienone is 5. The zero-order valence-corrected chi connectivity index (χ0v) is 17.4. The van der Waals surface area contributed by atoms with E-state index in [4.69, 9.17) is 0 Å². The molecule has 134 valence electrons. The first-order valence-electron chi connectivity index (χ1n) is 8.54. The lowest BCUT2D eigenvalue weighted by molar-refractivity contribution is -0.129. The highest BCUT2D eigenvalue weighted by atomic mass is 32.2. The molecule has 0 aliphatic rings. The van der Waals surface area contributed by atoms with Crippen molar-refractivity contribution in [2.75, 3.05) is 6.26 Å². The van der Waals surface area contributed by atoms with Crippen LogP contribution in [0.2, 0.25) is 0 Å². The predicted molar refractivity (Wildman–Crippen MR) is 108 cm³/mol. The fourth-order valence-electron chi connectivity index (χ4n) is 2.10. The number of carbonyl (C=O) groups is 1. The Morgan fingerprint density at radius 1 is 1.17 bits per heavy atom. The predicted octanol–water partition coefficient (Wildman–Crippen LogP) is 6.11. The summed E-state index contributed by atoms with van der Waals surface area (Å²) in [5.74, 6) is 0.0705. The first kappa shape index (κ1) is 24.3. The van der Waals surface area contributed by atoms with E-state index in [1.165, 1.54) is 0 Å². The number of hydrogen-bond acceptors (Lipinski definition) is 2. The molecule has 2 nitrogen and oxygen atoms in total. The van der Waals surface area contributed by atoms with Crippen LogP contribution < -0.4 is 5.32 Å². The number of amides is 1. The van der Waals surface area contributed by atoms with Gasteiger partial charge in [-0.1, -0.05) is 66.7 Å². The molecule has 0 fully saturated rings. The molecule has 0 atom stereocenters. The van der Waals surface area contributed by atoms with E-state index in [0.717, 1.165) is 18.5 Å². The Balaban J connectivity index is 0. The molecule has 0 aromatic rings. The van der Waals surface area contributed by atoms with Crippen LogP contribution in [0.1, 0.15) is 68.2 Å². The van der Waals surface area contributed by atoms with Gasteiger partial charge in [-0.3, -0.25) is 4.79 Å². The van der Waals surface area contributed by atoms with Gasteiger partial charge in [0.15, 0.2) is 0 Å². The molecule has 0 bridgehead atoms. The van der Waals surface area contributed by atoms with E-state index < -0.39 is 5.41 Å². The average Bonchev–Trinajstić information content (AvgIpc) is 2.50. The van der Waals surface area contributed by atoms with Gasteiger partial charge in [-0.15, -0.1) is 0 Å². The first-order chi connectivity index (χ1) is 10.7. The molecule has 0 aromatic heterocycles. The van der Waals surface area contributed by atoms with Crippen molar-refractivity contribution in [1.29, 1.82) is 0 Å². The van der Waals surface area contributed by atoms with E-state index in [1.807, 2.05) is 58.9 Å². The SMILES string of the molecule is CC.C\C=C/C=C(\C=C/CC)NC(=O)C(C)(C)CC(C)(C)SC. The van der Waals surface area contributed by atoms with Gasteiger partial charge in [0, 0.05) is 15.9 Å². The second-order valence-electron chi connectivity index (χ2n) is 6.44. The molecule has 1 N–H and O–H groups in total. The maximum Gasteiger partial charge on any atom is 0.230 e. The van der Waals surface area contributed by atoms with Crippen LogP contribution in [-0.2, 0) is 4.79 Å². The Hall–Kier alpha value is -0.960. The average molecular weight is 340 g/mol. The Labute approximate surface area is 148 Å². The van der Waals surface area contributed by atoms with Crippen molar-refractivity contribution in [2.45, 2.75) is 73.0 Å². The minimum absolute atomic E-state index is 0.0705. The standard InChI is InChI=1S/C18H31NOS.C2H6/c1-8-10-12-15(13-11-9-2)19-16(20)17(3,4)14-18(5,6)21-7;1-2/h8,10-13H,9,14H2,1-7H3,(H,19,20);1-2H3/b10-8-,13-11-,15-12+;. The fraction of sp³-hybridized carbons (Fsp3) is 0.650. The van der Waals surface area contributed by atoms with Gasteiger partial charge in [0.2, 0.25) is 5.91 Å². The lowest BCUT2D eigenvalue weighted by atomic mass is 9.82. The molecular weight excluding hydrogens is 302 g/mol. The summed E-state index contributed by atoms with van der Waals surface area (Å²) in [4.78, 5) is 12.6. The summed E-state index contributed by atoms with van der Waals surface area (Å²) < 4.78 is 0.0906. The second kappa shape index (κ2) is 12.5. The van der Waals surface area contributed by atoms with Crippen LogP contribution in [0.5, 0.6) is 0 Å². The fourth-order valence-corrected chi connectivity index (χ4v) is 2.61. The van der Waals surface area contributed by atoms with Crippen molar-refractivity contribution in [1.82, 2.24) is 5.32 Å².